The molecule has 1 fully saturated rings. The minimum Gasteiger partial charge on any atom is -0.444 e. The summed E-state index contributed by atoms with van der Waals surface area (Å²) >= 11 is 6.11. The Morgan fingerprint density at radius 2 is 2.10 bits per heavy atom. The number of hydrogen-bond donors (Lipinski definition) is 2. The molecule has 0 aromatic heterocycles. The fourth-order valence-corrected chi connectivity index (χ4v) is 2.36. The Morgan fingerprint density at radius 1 is 1.43 bits per heavy atom. The van der Waals surface area contributed by atoms with Crippen LogP contribution >= 0.6 is 11.6 Å². The molecule has 0 atom stereocenters. The summed E-state index contributed by atoms with van der Waals surface area (Å²) in [4.78, 5) is 11.8. The van der Waals surface area contributed by atoms with Crippen LogP contribution in [0.25, 0.3) is 0 Å². The number of ether oxygens (including phenoxy) is 1. The Kier molecular flexibility index (Phi) is 4.49. The first kappa shape index (κ1) is 16.1. The summed E-state index contributed by atoms with van der Waals surface area (Å²) in [6, 6.07) is 5.54. The van der Waals surface area contributed by atoms with Gasteiger partial charge in [-0.25, -0.2) is 4.79 Å². The number of hydrogen-bond acceptors (Lipinski definition) is 3. The van der Waals surface area contributed by atoms with Gasteiger partial charge in [0.05, 0.1) is 10.7 Å². The molecule has 4 nitrogen and oxygen atoms in total. The molecular formula is C16H22ClNO3. The lowest BCUT2D eigenvalue weighted by Gasteiger charge is -2.20. The van der Waals surface area contributed by atoms with Crippen molar-refractivity contribution in [3.63, 3.8) is 0 Å². The average molecular weight is 312 g/mol. The molecule has 21 heavy (non-hydrogen) atoms. The highest BCUT2D eigenvalue weighted by Gasteiger charge is 2.41. The molecular weight excluding hydrogens is 290 g/mol. The maximum atomic E-state index is 11.8. The number of halogens is 1. The topological polar surface area (TPSA) is 58.6 Å². The first-order valence-corrected chi connectivity index (χ1v) is 7.50. The number of aliphatic hydroxyl groups excluding tert-OH is 1. The van der Waals surface area contributed by atoms with Gasteiger partial charge in [-0.2, -0.15) is 0 Å². The minimum absolute atomic E-state index is 0.0248. The van der Waals surface area contributed by atoms with E-state index in [0.717, 1.165) is 24.8 Å². The highest BCUT2D eigenvalue weighted by Crippen LogP contribution is 2.48. The summed E-state index contributed by atoms with van der Waals surface area (Å²) in [6.07, 6.45) is 2.36. The van der Waals surface area contributed by atoms with Crippen LogP contribution < -0.4 is 5.32 Å². The van der Waals surface area contributed by atoms with Gasteiger partial charge >= 0.3 is 6.09 Å². The van der Waals surface area contributed by atoms with Crippen LogP contribution in [0.3, 0.4) is 0 Å². The lowest BCUT2D eigenvalue weighted by Crippen LogP contribution is -2.27. The predicted octanol–water partition coefficient (Wildman–Crippen LogP) is 4.00. The smallest absolute Gasteiger partial charge is 0.412 e. The van der Waals surface area contributed by atoms with E-state index in [9.17, 15) is 9.90 Å². The lowest BCUT2D eigenvalue weighted by atomic mass is 9.97. The Labute approximate surface area is 130 Å². The maximum Gasteiger partial charge on any atom is 0.412 e. The van der Waals surface area contributed by atoms with Gasteiger partial charge in [0, 0.05) is 6.61 Å². The highest BCUT2D eigenvalue weighted by atomic mass is 35.5. The number of carbonyl (C=O) groups is 1. The van der Waals surface area contributed by atoms with Crippen LogP contribution in [0.15, 0.2) is 18.2 Å². The quantitative estimate of drug-likeness (QED) is 0.883. The Bertz CT molecular complexity index is 533. The zero-order valence-corrected chi connectivity index (χ0v) is 13.5. The van der Waals surface area contributed by atoms with Crippen LogP contribution in [0.5, 0.6) is 0 Å². The number of nitrogens with one attached hydrogen (secondary N) is 1. The van der Waals surface area contributed by atoms with Crippen LogP contribution in [-0.2, 0) is 11.2 Å². The van der Waals surface area contributed by atoms with E-state index in [0.29, 0.717) is 10.7 Å². The molecule has 0 unspecified atom stereocenters. The molecule has 2 rings (SSSR count). The van der Waals surface area contributed by atoms with Crippen molar-refractivity contribution in [3.8, 4) is 0 Å². The summed E-state index contributed by atoms with van der Waals surface area (Å²) in [7, 11) is 0. The molecule has 0 spiro atoms. The standard InChI is InChI=1S/C16H22ClNO3/c1-15(2,3)21-14(20)18-13-8-11(4-5-12(13)17)9-16(10-19)6-7-16/h4-5,8,19H,6-7,9-10H2,1-3H3,(H,18,20). The summed E-state index contributed by atoms with van der Waals surface area (Å²) in [5, 5.41) is 12.5. The molecule has 1 saturated carbocycles. The molecule has 1 aliphatic carbocycles. The van der Waals surface area contributed by atoms with Gasteiger partial charge in [0.2, 0.25) is 0 Å². The molecule has 0 radical (unpaired) electrons. The Morgan fingerprint density at radius 3 is 2.62 bits per heavy atom. The zero-order valence-electron chi connectivity index (χ0n) is 12.7. The van der Waals surface area contributed by atoms with Gasteiger partial charge in [-0.15, -0.1) is 0 Å². The summed E-state index contributed by atoms with van der Waals surface area (Å²) in [5.41, 5.74) is 1.06. The maximum absolute atomic E-state index is 11.8. The molecule has 0 heterocycles. The fraction of sp³-hybridized carbons (Fsp3) is 0.562. The molecule has 2 N–H and O–H groups in total. The largest absolute Gasteiger partial charge is 0.444 e. The zero-order chi connectivity index (χ0) is 15.7. The van der Waals surface area contributed by atoms with Crippen molar-refractivity contribution in [2.24, 2.45) is 5.41 Å². The van der Waals surface area contributed by atoms with Gasteiger partial charge in [0.1, 0.15) is 5.60 Å². The predicted molar refractivity (Wildman–Crippen MR) is 83.8 cm³/mol. The number of benzene rings is 1. The van der Waals surface area contributed by atoms with Crippen LogP contribution in [0.2, 0.25) is 5.02 Å². The van der Waals surface area contributed by atoms with Crippen LogP contribution in [0, 0.1) is 5.41 Å². The molecule has 0 saturated heterocycles. The summed E-state index contributed by atoms with van der Waals surface area (Å²) in [5.74, 6) is 0. The highest BCUT2D eigenvalue weighted by molar-refractivity contribution is 6.33. The molecule has 1 aliphatic rings. The fourth-order valence-electron chi connectivity index (χ4n) is 2.19. The van der Waals surface area contributed by atoms with E-state index in [-0.39, 0.29) is 12.0 Å². The van der Waals surface area contributed by atoms with Crippen molar-refractivity contribution in [1.29, 1.82) is 0 Å². The van der Waals surface area contributed by atoms with E-state index in [1.54, 1.807) is 6.07 Å². The van der Waals surface area contributed by atoms with Crippen molar-refractivity contribution in [3.05, 3.63) is 28.8 Å². The number of rotatable bonds is 4. The molecule has 1 aromatic carbocycles. The molecule has 0 bridgehead atoms. The third kappa shape index (κ3) is 4.61. The van der Waals surface area contributed by atoms with E-state index < -0.39 is 11.7 Å². The monoisotopic (exact) mass is 311 g/mol. The second-order valence-electron chi connectivity index (χ2n) is 6.78. The third-order valence-corrected chi connectivity index (χ3v) is 3.87. The van der Waals surface area contributed by atoms with Crippen molar-refractivity contribution >= 4 is 23.4 Å². The van der Waals surface area contributed by atoms with Gasteiger partial charge < -0.3 is 9.84 Å². The van der Waals surface area contributed by atoms with Gasteiger partial charge in [-0.1, -0.05) is 17.7 Å². The molecule has 116 valence electrons. The van der Waals surface area contributed by atoms with Gasteiger partial charge in [-0.3, -0.25) is 5.32 Å². The normalized spacial score (nSPS) is 16.4. The van der Waals surface area contributed by atoms with Crippen LogP contribution in [-0.4, -0.2) is 23.4 Å². The van der Waals surface area contributed by atoms with Gasteiger partial charge in [-0.05, 0) is 63.1 Å². The van der Waals surface area contributed by atoms with E-state index >= 15 is 0 Å². The van der Waals surface area contributed by atoms with E-state index in [1.165, 1.54) is 0 Å². The lowest BCUT2D eigenvalue weighted by molar-refractivity contribution is 0.0636. The minimum atomic E-state index is -0.552. The number of aliphatic hydroxyl groups is 1. The first-order valence-electron chi connectivity index (χ1n) is 7.12. The Hall–Kier alpha value is -1.26. The second-order valence-corrected chi connectivity index (χ2v) is 7.18. The van der Waals surface area contributed by atoms with Crippen molar-refractivity contribution in [2.45, 2.75) is 45.6 Å². The van der Waals surface area contributed by atoms with Gasteiger partial charge in [0.15, 0.2) is 0 Å². The molecule has 1 amide bonds. The van der Waals surface area contributed by atoms with Crippen molar-refractivity contribution < 1.29 is 14.6 Å². The average Bonchev–Trinajstić information content (AvgIpc) is 3.11. The van der Waals surface area contributed by atoms with Crippen molar-refractivity contribution in [2.75, 3.05) is 11.9 Å². The van der Waals surface area contributed by atoms with E-state index in [2.05, 4.69) is 5.32 Å². The van der Waals surface area contributed by atoms with Gasteiger partial charge in [0.25, 0.3) is 0 Å². The molecule has 1 aromatic rings. The number of amides is 1. The summed E-state index contributed by atoms with van der Waals surface area (Å²) in [6.45, 7) is 5.62. The molecule has 5 heteroatoms. The first-order chi connectivity index (χ1) is 9.73. The van der Waals surface area contributed by atoms with Crippen LogP contribution in [0.4, 0.5) is 10.5 Å². The SMILES string of the molecule is CC(C)(C)OC(=O)Nc1cc(CC2(CO)CC2)ccc1Cl. The van der Waals surface area contributed by atoms with Crippen molar-refractivity contribution in [1.82, 2.24) is 0 Å². The van der Waals surface area contributed by atoms with Crippen LogP contribution in [0.1, 0.15) is 39.2 Å². The summed E-state index contributed by atoms with van der Waals surface area (Å²) < 4.78 is 5.22. The molecule has 0 aliphatic heterocycles. The number of anilines is 1. The third-order valence-electron chi connectivity index (χ3n) is 3.54. The Balaban J connectivity index is 2.07. The second kappa shape index (κ2) is 5.85. The number of carbonyl (C=O) groups excluding carboxylic acids is 1. The van der Waals surface area contributed by atoms with E-state index in [1.807, 2.05) is 32.9 Å². The van der Waals surface area contributed by atoms with E-state index in [4.69, 9.17) is 16.3 Å².